The Balaban J connectivity index is 1.48. The van der Waals surface area contributed by atoms with Gasteiger partial charge in [0.15, 0.2) is 5.78 Å². The number of rotatable bonds is 4. The van der Waals surface area contributed by atoms with Crippen LogP contribution in [0.2, 0.25) is 0 Å². The van der Waals surface area contributed by atoms with Crippen molar-refractivity contribution in [1.29, 1.82) is 0 Å². The lowest BCUT2D eigenvalue weighted by molar-refractivity contribution is -0.141. The Bertz CT molecular complexity index is 756. The van der Waals surface area contributed by atoms with E-state index < -0.39 is 0 Å². The average Bonchev–Trinajstić information content (AvgIpc) is 3.11. The Morgan fingerprint density at radius 3 is 2.88 bits per heavy atom. The van der Waals surface area contributed by atoms with Crippen molar-refractivity contribution in [2.45, 2.75) is 24.8 Å². The Morgan fingerprint density at radius 1 is 1.21 bits per heavy atom. The summed E-state index contributed by atoms with van der Waals surface area (Å²) in [5, 5.41) is 1.90. The normalized spacial score (nSPS) is 22.6. The first-order valence-corrected chi connectivity index (χ1v) is 9.15. The van der Waals surface area contributed by atoms with Crippen molar-refractivity contribution >= 4 is 23.0 Å². The highest BCUT2D eigenvalue weighted by Crippen LogP contribution is 2.37. The zero-order chi connectivity index (χ0) is 16.5. The second kappa shape index (κ2) is 6.49. The van der Waals surface area contributed by atoms with Gasteiger partial charge in [0, 0.05) is 13.0 Å². The van der Waals surface area contributed by atoms with Crippen molar-refractivity contribution in [1.82, 2.24) is 4.90 Å². The van der Waals surface area contributed by atoms with Crippen LogP contribution >= 0.6 is 11.3 Å². The van der Waals surface area contributed by atoms with Crippen LogP contribution in [0.4, 0.5) is 0 Å². The summed E-state index contributed by atoms with van der Waals surface area (Å²) in [7, 11) is 0. The fourth-order valence-corrected chi connectivity index (χ4v) is 4.22. The number of ketones is 1. The molecule has 1 aliphatic heterocycles. The molecule has 0 radical (unpaired) electrons. The van der Waals surface area contributed by atoms with E-state index in [0.29, 0.717) is 26.2 Å². The van der Waals surface area contributed by atoms with Crippen LogP contribution in [0.15, 0.2) is 41.8 Å². The van der Waals surface area contributed by atoms with Crippen LogP contribution < -0.4 is 0 Å². The first-order chi connectivity index (χ1) is 11.7. The predicted octanol–water partition coefficient (Wildman–Crippen LogP) is 2.89. The molecule has 0 spiro atoms. The van der Waals surface area contributed by atoms with Gasteiger partial charge in [0.25, 0.3) is 0 Å². The van der Waals surface area contributed by atoms with Crippen LogP contribution in [0.3, 0.4) is 0 Å². The first-order valence-electron chi connectivity index (χ1n) is 8.27. The van der Waals surface area contributed by atoms with E-state index in [4.69, 9.17) is 4.74 Å². The Labute approximate surface area is 145 Å². The number of ether oxygens (including phenoxy) is 1. The molecule has 1 aliphatic carbocycles. The first kappa shape index (κ1) is 15.5. The lowest BCUT2D eigenvalue weighted by atomic mass is 9.76. The van der Waals surface area contributed by atoms with Crippen LogP contribution in [0, 0.1) is 0 Å². The van der Waals surface area contributed by atoms with Gasteiger partial charge in [-0.3, -0.25) is 9.59 Å². The minimum atomic E-state index is -0.159. The molecule has 1 aromatic heterocycles. The highest BCUT2D eigenvalue weighted by molar-refractivity contribution is 7.12. The molecule has 1 saturated heterocycles. The molecule has 2 aliphatic rings. The van der Waals surface area contributed by atoms with Crippen LogP contribution in [0.5, 0.6) is 0 Å². The zero-order valence-corrected chi connectivity index (χ0v) is 14.1. The van der Waals surface area contributed by atoms with Gasteiger partial charge in [0.1, 0.15) is 0 Å². The molecule has 1 aromatic carbocycles. The summed E-state index contributed by atoms with van der Waals surface area (Å²) >= 11 is 1.45. The number of hydrogen-bond acceptors (Lipinski definition) is 4. The summed E-state index contributed by atoms with van der Waals surface area (Å²) in [6, 6.07) is 11.7. The maximum atomic E-state index is 13.0. The van der Waals surface area contributed by atoms with Crippen molar-refractivity contribution in [3.63, 3.8) is 0 Å². The smallest absolute Gasteiger partial charge is 0.230 e. The zero-order valence-electron chi connectivity index (χ0n) is 13.3. The molecular weight excluding hydrogens is 322 g/mol. The van der Waals surface area contributed by atoms with Crippen LogP contribution in [0.1, 0.15) is 33.1 Å². The van der Waals surface area contributed by atoms with Gasteiger partial charge in [-0.1, -0.05) is 30.3 Å². The maximum absolute atomic E-state index is 13.0. The monoisotopic (exact) mass is 341 g/mol. The molecular formula is C19H19NO3S. The molecule has 1 amide bonds. The third-order valence-corrected chi connectivity index (χ3v) is 5.79. The number of thiophene rings is 1. The summed E-state index contributed by atoms with van der Waals surface area (Å²) in [4.78, 5) is 28.0. The number of Topliss-reactive ketones (excluding diaryl/α,β-unsaturated/α-hetero) is 1. The van der Waals surface area contributed by atoms with E-state index in [0.717, 1.165) is 16.9 Å². The Morgan fingerprint density at radius 2 is 2.08 bits per heavy atom. The Hall–Kier alpha value is -1.98. The van der Waals surface area contributed by atoms with Crippen molar-refractivity contribution in [2.24, 2.45) is 0 Å². The number of morpholine rings is 1. The van der Waals surface area contributed by atoms with E-state index >= 15 is 0 Å². The molecule has 0 N–H and O–H groups in total. The van der Waals surface area contributed by atoms with Crippen LogP contribution in [-0.4, -0.2) is 42.4 Å². The van der Waals surface area contributed by atoms with Gasteiger partial charge in [-0.05, 0) is 29.0 Å². The summed E-state index contributed by atoms with van der Waals surface area (Å²) in [6.45, 7) is 1.56. The summed E-state index contributed by atoms with van der Waals surface area (Å²) in [5.41, 5.74) is 2.40. The van der Waals surface area contributed by atoms with E-state index in [2.05, 4.69) is 6.07 Å². The molecule has 0 bridgehead atoms. The molecule has 0 saturated carbocycles. The van der Waals surface area contributed by atoms with Crippen molar-refractivity contribution < 1.29 is 14.3 Å². The average molecular weight is 341 g/mol. The minimum absolute atomic E-state index is 0.0568. The molecule has 2 aromatic rings. The third-order valence-electron chi connectivity index (χ3n) is 4.88. The highest BCUT2D eigenvalue weighted by atomic mass is 32.1. The van der Waals surface area contributed by atoms with Gasteiger partial charge >= 0.3 is 0 Å². The molecule has 4 rings (SSSR count). The second-order valence-electron chi connectivity index (χ2n) is 6.32. The van der Waals surface area contributed by atoms with Gasteiger partial charge in [-0.15, -0.1) is 11.3 Å². The number of nitrogens with zero attached hydrogens (tertiary/aromatic N) is 1. The van der Waals surface area contributed by atoms with E-state index in [9.17, 15) is 9.59 Å². The number of carbonyl (C=O) groups is 2. The summed E-state index contributed by atoms with van der Waals surface area (Å²) in [6.07, 6.45) is 1.14. The standard InChI is InChI=1S/C19H19NO3S/c21-17(18-6-3-9-24-18)11-14-12-23-8-7-20(14)19(22)16-10-13-4-1-2-5-15(13)16/h1-6,9,14,16H,7-8,10-12H2/t14-,16-/m0/s1. The number of carbonyl (C=O) groups excluding carboxylic acids is 2. The molecule has 5 heteroatoms. The number of benzene rings is 1. The van der Waals surface area contributed by atoms with E-state index in [-0.39, 0.29) is 23.7 Å². The molecule has 4 nitrogen and oxygen atoms in total. The van der Waals surface area contributed by atoms with Gasteiger partial charge in [0.2, 0.25) is 5.91 Å². The molecule has 1 fully saturated rings. The van der Waals surface area contributed by atoms with Crippen molar-refractivity contribution in [2.75, 3.05) is 19.8 Å². The van der Waals surface area contributed by atoms with Gasteiger partial charge in [-0.25, -0.2) is 0 Å². The van der Waals surface area contributed by atoms with Crippen LogP contribution in [-0.2, 0) is 16.0 Å². The summed E-state index contributed by atoms with van der Waals surface area (Å²) in [5.74, 6) is 0.173. The Kier molecular flexibility index (Phi) is 4.21. The lowest BCUT2D eigenvalue weighted by Gasteiger charge is -2.40. The minimum Gasteiger partial charge on any atom is -0.377 e. The van der Waals surface area contributed by atoms with E-state index in [1.165, 1.54) is 16.9 Å². The summed E-state index contributed by atoms with van der Waals surface area (Å²) < 4.78 is 5.54. The number of fused-ring (bicyclic) bond motifs is 1. The topological polar surface area (TPSA) is 46.6 Å². The van der Waals surface area contributed by atoms with Crippen LogP contribution in [0.25, 0.3) is 0 Å². The largest absolute Gasteiger partial charge is 0.377 e. The lowest BCUT2D eigenvalue weighted by Crippen LogP contribution is -2.52. The van der Waals surface area contributed by atoms with Crippen molar-refractivity contribution in [3.05, 3.63) is 57.8 Å². The highest BCUT2D eigenvalue weighted by Gasteiger charge is 2.38. The molecule has 24 heavy (non-hydrogen) atoms. The molecule has 2 atom stereocenters. The third kappa shape index (κ3) is 2.78. The second-order valence-corrected chi connectivity index (χ2v) is 7.27. The van der Waals surface area contributed by atoms with E-state index in [1.54, 1.807) is 0 Å². The van der Waals surface area contributed by atoms with Gasteiger partial charge in [0.05, 0.1) is 30.1 Å². The number of amides is 1. The molecule has 124 valence electrons. The van der Waals surface area contributed by atoms with Gasteiger partial charge < -0.3 is 9.64 Å². The van der Waals surface area contributed by atoms with E-state index in [1.807, 2.05) is 40.6 Å². The van der Waals surface area contributed by atoms with Gasteiger partial charge in [-0.2, -0.15) is 0 Å². The quantitative estimate of drug-likeness (QED) is 0.804. The fraction of sp³-hybridized carbons (Fsp3) is 0.368. The fourth-order valence-electron chi connectivity index (χ4n) is 3.55. The maximum Gasteiger partial charge on any atom is 0.230 e. The number of hydrogen-bond donors (Lipinski definition) is 0. The SMILES string of the molecule is O=C(C[C@H]1COCCN1C(=O)[C@H]1Cc2ccccc21)c1cccs1. The van der Waals surface area contributed by atoms with Crippen molar-refractivity contribution in [3.8, 4) is 0 Å². The predicted molar refractivity (Wildman–Crippen MR) is 92.5 cm³/mol. The molecule has 2 heterocycles. The molecule has 0 unspecified atom stereocenters.